The molecule has 0 radical (unpaired) electrons. The van der Waals surface area contributed by atoms with Gasteiger partial charge in [0.2, 0.25) is 0 Å². The number of aliphatic hydroxyl groups is 1. The number of halogens is 1. The van der Waals surface area contributed by atoms with Crippen LogP contribution < -0.4 is 0 Å². The van der Waals surface area contributed by atoms with Crippen LogP contribution in [0.4, 0.5) is 0 Å². The molecule has 0 aliphatic carbocycles. The largest absolute Gasteiger partial charge is 0.395 e. The maximum Gasteiger partial charge on any atom is 0.187 e. The predicted octanol–water partition coefficient (Wildman–Crippen LogP) is 1.69. The zero-order valence-corrected chi connectivity index (χ0v) is 13.3. The number of aliphatic hydroxyl groups excluding tert-OH is 1. The van der Waals surface area contributed by atoms with Crippen molar-refractivity contribution in [2.45, 2.75) is 6.42 Å². The first-order valence-electron chi connectivity index (χ1n) is 6.52. The summed E-state index contributed by atoms with van der Waals surface area (Å²) in [6.45, 7) is 5.23. The maximum atomic E-state index is 12.2. The maximum absolute atomic E-state index is 12.2. The van der Waals surface area contributed by atoms with Crippen LogP contribution in [0.15, 0.2) is 15.9 Å². The number of rotatable bonds is 5. The quantitative estimate of drug-likeness (QED) is 0.824. The first-order chi connectivity index (χ1) is 9.20. The van der Waals surface area contributed by atoms with Gasteiger partial charge >= 0.3 is 0 Å². The average molecular weight is 347 g/mol. The smallest absolute Gasteiger partial charge is 0.187 e. The lowest BCUT2D eigenvalue weighted by Crippen LogP contribution is -2.35. The molecule has 6 heteroatoms. The van der Waals surface area contributed by atoms with Crippen LogP contribution in [0.3, 0.4) is 0 Å². The molecule has 1 aliphatic heterocycles. The van der Waals surface area contributed by atoms with E-state index < -0.39 is 0 Å². The highest BCUT2D eigenvalue weighted by Crippen LogP contribution is 2.23. The number of thiophene rings is 1. The first-order valence-corrected chi connectivity index (χ1v) is 8.19. The van der Waals surface area contributed by atoms with Gasteiger partial charge in [0, 0.05) is 24.1 Å². The van der Waals surface area contributed by atoms with Crippen LogP contribution in [0.2, 0.25) is 0 Å². The molecule has 0 saturated carbocycles. The monoisotopic (exact) mass is 346 g/mol. The molecule has 1 saturated heterocycles. The van der Waals surface area contributed by atoms with Gasteiger partial charge in [0.15, 0.2) is 5.78 Å². The van der Waals surface area contributed by atoms with Gasteiger partial charge in [-0.25, -0.2) is 0 Å². The molecule has 1 aliphatic rings. The van der Waals surface area contributed by atoms with Crippen molar-refractivity contribution in [1.82, 2.24) is 9.80 Å². The summed E-state index contributed by atoms with van der Waals surface area (Å²) in [4.78, 5) is 17.5. The van der Waals surface area contributed by atoms with E-state index in [4.69, 9.17) is 5.11 Å². The van der Waals surface area contributed by atoms with Crippen molar-refractivity contribution in [3.8, 4) is 0 Å². The number of hydrogen-bond acceptors (Lipinski definition) is 5. The summed E-state index contributed by atoms with van der Waals surface area (Å²) in [7, 11) is 0. The SMILES string of the molecule is O=C(CN1CCCN(CCO)CC1)c1sccc1Br. The molecule has 0 unspecified atom stereocenters. The Morgan fingerprint density at radius 2 is 2.05 bits per heavy atom. The molecule has 0 aromatic carbocycles. The molecule has 4 nitrogen and oxygen atoms in total. The summed E-state index contributed by atoms with van der Waals surface area (Å²) < 4.78 is 0.902. The topological polar surface area (TPSA) is 43.8 Å². The van der Waals surface area contributed by atoms with Gasteiger partial charge in [0.1, 0.15) is 0 Å². The van der Waals surface area contributed by atoms with E-state index in [0.717, 1.165) is 48.5 Å². The molecule has 1 fully saturated rings. The molecule has 0 bridgehead atoms. The molecule has 0 spiro atoms. The molecule has 1 aromatic rings. The summed E-state index contributed by atoms with van der Waals surface area (Å²) in [6, 6.07) is 1.92. The number of Topliss-reactive ketones (excluding diaryl/α,β-unsaturated/α-hetero) is 1. The van der Waals surface area contributed by atoms with Gasteiger partial charge in [-0.15, -0.1) is 11.3 Å². The minimum absolute atomic E-state index is 0.192. The Kier molecular flexibility index (Phi) is 5.97. The third-order valence-electron chi connectivity index (χ3n) is 3.34. The van der Waals surface area contributed by atoms with Crippen LogP contribution in [0.25, 0.3) is 0 Å². The number of ketones is 1. The average Bonchev–Trinajstić information content (AvgIpc) is 2.69. The molecule has 0 atom stereocenters. The lowest BCUT2D eigenvalue weighted by molar-refractivity contribution is 0.0935. The fourth-order valence-electron chi connectivity index (χ4n) is 2.32. The standard InChI is InChI=1S/C13H19BrN2O2S/c14-11-2-9-19-13(11)12(18)10-16-4-1-3-15(5-6-16)7-8-17/h2,9,17H,1,3-8,10H2. The molecular weight excluding hydrogens is 328 g/mol. The Morgan fingerprint density at radius 1 is 1.32 bits per heavy atom. The molecule has 0 amide bonds. The van der Waals surface area contributed by atoms with E-state index in [9.17, 15) is 4.79 Å². The number of carbonyl (C=O) groups excluding carboxylic acids is 1. The predicted molar refractivity (Wildman–Crippen MR) is 80.9 cm³/mol. The van der Waals surface area contributed by atoms with Gasteiger partial charge in [-0.3, -0.25) is 14.6 Å². The number of hydrogen-bond donors (Lipinski definition) is 1. The molecule has 2 rings (SSSR count). The first kappa shape index (κ1) is 15.1. The van der Waals surface area contributed by atoms with Crippen molar-refractivity contribution < 1.29 is 9.90 Å². The van der Waals surface area contributed by atoms with Gasteiger partial charge in [-0.05, 0) is 46.9 Å². The van der Waals surface area contributed by atoms with Crippen LogP contribution in [-0.2, 0) is 0 Å². The van der Waals surface area contributed by atoms with Crippen LogP contribution in [0, 0.1) is 0 Å². The zero-order chi connectivity index (χ0) is 13.7. The lowest BCUT2D eigenvalue weighted by Gasteiger charge is -2.20. The molecule has 106 valence electrons. The summed E-state index contributed by atoms with van der Waals surface area (Å²) in [6.07, 6.45) is 1.05. The zero-order valence-electron chi connectivity index (χ0n) is 10.8. The van der Waals surface area contributed by atoms with Crippen molar-refractivity contribution >= 4 is 33.0 Å². The second kappa shape index (κ2) is 7.50. The Balaban J connectivity index is 1.86. The van der Waals surface area contributed by atoms with E-state index in [0.29, 0.717) is 6.54 Å². The van der Waals surface area contributed by atoms with Crippen molar-refractivity contribution in [2.24, 2.45) is 0 Å². The van der Waals surface area contributed by atoms with E-state index >= 15 is 0 Å². The second-order valence-electron chi connectivity index (χ2n) is 4.72. The fraction of sp³-hybridized carbons (Fsp3) is 0.615. The van der Waals surface area contributed by atoms with Crippen molar-refractivity contribution in [3.63, 3.8) is 0 Å². The van der Waals surface area contributed by atoms with Crippen molar-refractivity contribution in [1.29, 1.82) is 0 Å². The highest BCUT2D eigenvalue weighted by molar-refractivity contribution is 9.10. The number of nitrogens with zero attached hydrogens (tertiary/aromatic N) is 2. The fourth-order valence-corrected chi connectivity index (χ4v) is 3.84. The molecule has 1 aromatic heterocycles. The molecule has 2 heterocycles. The molecular formula is C13H19BrN2O2S. The van der Waals surface area contributed by atoms with Gasteiger partial charge in [-0.1, -0.05) is 0 Å². The van der Waals surface area contributed by atoms with Crippen molar-refractivity contribution in [2.75, 3.05) is 45.9 Å². The highest BCUT2D eigenvalue weighted by atomic mass is 79.9. The minimum atomic E-state index is 0.192. The van der Waals surface area contributed by atoms with Gasteiger partial charge in [-0.2, -0.15) is 0 Å². The van der Waals surface area contributed by atoms with Crippen LogP contribution >= 0.6 is 27.3 Å². The van der Waals surface area contributed by atoms with Gasteiger partial charge in [0.25, 0.3) is 0 Å². The Labute approximate surface area is 126 Å². The number of β-amino-alcohol motifs (C(OH)–C–C–N with tert-alkyl or cyclic N) is 1. The van der Waals surface area contributed by atoms with Crippen LogP contribution in [0.5, 0.6) is 0 Å². The summed E-state index contributed by atoms with van der Waals surface area (Å²) in [5.74, 6) is 0.192. The third kappa shape index (κ3) is 4.36. The minimum Gasteiger partial charge on any atom is -0.395 e. The van der Waals surface area contributed by atoms with E-state index in [2.05, 4.69) is 25.7 Å². The van der Waals surface area contributed by atoms with Gasteiger partial charge < -0.3 is 5.11 Å². The summed E-state index contributed by atoms with van der Waals surface area (Å²) in [5, 5.41) is 10.9. The number of carbonyl (C=O) groups is 1. The Morgan fingerprint density at radius 3 is 2.74 bits per heavy atom. The van der Waals surface area contributed by atoms with E-state index in [-0.39, 0.29) is 12.4 Å². The molecule has 1 N–H and O–H groups in total. The third-order valence-corrected chi connectivity index (χ3v) is 5.21. The van der Waals surface area contributed by atoms with Crippen molar-refractivity contribution in [3.05, 3.63) is 20.8 Å². The highest BCUT2D eigenvalue weighted by Gasteiger charge is 2.19. The van der Waals surface area contributed by atoms with Gasteiger partial charge in [0.05, 0.1) is 18.0 Å². The molecule has 19 heavy (non-hydrogen) atoms. The Hall–Kier alpha value is -0.270. The summed E-state index contributed by atoms with van der Waals surface area (Å²) in [5.41, 5.74) is 0. The van der Waals surface area contributed by atoms with E-state index in [1.807, 2.05) is 11.4 Å². The van der Waals surface area contributed by atoms with E-state index in [1.54, 1.807) is 0 Å². The Bertz CT molecular complexity index is 425. The lowest BCUT2D eigenvalue weighted by atomic mass is 10.3. The van der Waals surface area contributed by atoms with Crippen LogP contribution in [0.1, 0.15) is 16.1 Å². The van der Waals surface area contributed by atoms with Crippen LogP contribution in [-0.4, -0.2) is 66.6 Å². The normalized spacial score (nSPS) is 18.4. The second-order valence-corrected chi connectivity index (χ2v) is 6.49. The summed E-state index contributed by atoms with van der Waals surface area (Å²) >= 11 is 4.91. The van der Waals surface area contributed by atoms with E-state index in [1.165, 1.54) is 11.3 Å².